The quantitative estimate of drug-likeness (QED) is 0.746. The fraction of sp³-hybridized carbons (Fsp3) is 0.304. The van der Waals surface area contributed by atoms with Crippen LogP contribution in [-0.4, -0.2) is 53.6 Å². The zero-order valence-electron chi connectivity index (χ0n) is 17.7. The largest absolute Gasteiger partial charge is 0.444 e. The van der Waals surface area contributed by atoms with Crippen LogP contribution >= 0.6 is 11.8 Å². The molecule has 2 heterocycles. The number of aliphatic imine (C=N–C) groups is 1. The molecule has 7 heteroatoms. The Bertz CT molecular complexity index is 998. The van der Waals surface area contributed by atoms with Crippen molar-refractivity contribution < 1.29 is 4.74 Å². The molecule has 2 aliphatic rings. The van der Waals surface area contributed by atoms with Crippen LogP contribution in [0.25, 0.3) is 0 Å². The van der Waals surface area contributed by atoms with Crippen molar-refractivity contribution in [3.63, 3.8) is 0 Å². The maximum absolute atomic E-state index is 6.41. The monoisotopic (exact) mass is 421 g/mol. The second-order valence-corrected chi connectivity index (χ2v) is 9.34. The Morgan fingerprint density at radius 1 is 1.03 bits per heavy atom. The van der Waals surface area contributed by atoms with E-state index in [2.05, 4.69) is 43.2 Å². The van der Waals surface area contributed by atoms with Gasteiger partial charge in [0.15, 0.2) is 0 Å². The van der Waals surface area contributed by atoms with Crippen LogP contribution in [-0.2, 0) is 4.74 Å². The van der Waals surface area contributed by atoms with Crippen molar-refractivity contribution in [1.29, 1.82) is 0 Å². The third-order valence-electron chi connectivity index (χ3n) is 4.94. The standard InChI is InChI=1S/C23H27N5OS/c1-15(2)30-18-12-10-16(11-13-18)19-14-27(3)21(24)20(25-19)23-28(4)26-22(29-23)17-8-6-5-7-9-17/h5-13,15,23H,14,24H2,1-4H3. The summed E-state index contributed by atoms with van der Waals surface area (Å²) >= 11 is 1.85. The highest BCUT2D eigenvalue weighted by atomic mass is 32.2. The van der Waals surface area contributed by atoms with Gasteiger partial charge in [0.25, 0.3) is 0 Å². The summed E-state index contributed by atoms with van der Waals surface area (Å²) in [6.07, 6.45) is -0.464. The number of hydrazone groups is 1. The van der Waals surface area contributed by atoms with Crippen LogP contribution in [0.1, 0.15) is 25.0 Å². The minimum atomic E-state index is -0.464. The molecule has 156 valence electrons. The van der Waals surface area contributed by atoms with E-state index in [1.54, 1.807) is 5.01 Å². The average molecular weight is 422 g/mol. The fourth-order valence-corrected chi connectivity index (χ4v) is 4.26. The van der Waals surface area contributed by atoms with Crippen molar-refractivity contribution in [2.45, 2.75) is 30.2 Å². The van der Waals surface area contributed by atoms with Gasteiger partial charge in [0.05, 0.1) is 12.3 Å². The van der Waals surface area contributed by atoms with Gasteiger partial charge >= 0.3 is 0 Å². The topological polar surface area (TPSA) is 66.5 Å². The third kappa shape index (κ3) is 4.16. The van der Waals surface area contributed by atoms with Gasteiger partial charge in [-0.15, -0.1) is 16.9 Å². The first-order valence-corrected chi connectivity index (χ1v) is 10.9. The molecule has 0 aliphatic carbocycles. The number of rotatable bonds is 5. The van der Waals surface area contributed by atoms with Crippen LogP contribution in [0.3, 0.4) is 0 Å². The highest BCUT2D eigenvalue weighted by molar-refractivity contribution is 7.99. The van der Waals surface area contributed by atoms with Crippen molar-refractivity contribution in [1.82, 2.24) is 9.91 Å². The smallest absolute Gasteiger partial charge is 0.240 e. The van der Waals surface area contributed by atoms with Gasteiger partial charge in [0, 0.05) is 29.8 Å². The molecule has 1 atom stereocenters. The van der Waals surface area contributed by atoms with E-state index in [4.69, 9.17) is 15.5 Å². The van der Waals surface area contributed by atoms with Crippen molar-refractivity contribution in [2.75, 3.05) is 20.6 Å². The van der Waals surface area contributed by atoms with E-state index < -0.39 is 6.23 Å². The van der Waals surface area contributed by atoms with Crippen molar-refractivity contribution in [3.8, 4) is 0 Å². The molecule has 2 aromatic rings. The summed E-state index contributed by atoms with van der Waals surface area (Å²) in [7, 11) is 3.85. The van der Waals surface area contributed by atoms with Gasteiger partial charge in [-0.1, -0.05) is 44.2 Å². The first kappa shape index (κ1) is 20.3. The van der Waals surface area contributed by atoms with E-state index in [0.717, 1.165) is 16.8 Å². The van der Waals surface area contributed by atoms with Gasteiger partial charge in [-0.2, -0.15) is 0 Å². The van der Waals surface area contributed by atoms with Gasteiger partial charge in [0.2, 0.25) is 12.1 Å². The highest BCUT2D eigenvalue weighted by Gasteiger charge is 2.34. The second-order valence-electron chi connectivity index (χ2n) is 7.69. The number of nitrogens with two attached hydrogens (primary N) is 1. The van der Waals surface area contributed by atoms with E-state index in [0.29, 0.717) is 29.2 Å². The normalized spacial score (nSPS) is 19.2. The Balaban J connectivity index is 1.60. The van der Waals surface area contributed by atoms with E-state index in [9.17, 15) is 0 Å². The molecule has 0 spiro atoms. The Hall–Kier alpha value is -2.93. The molecule has 0 bridgehead atoms. The number of hydrogen-bond donors (Lipinski definition) is 1. The van der Waals surface area contributed by atoms with Crippen LogP contribution in [0, 0.1) is 0 Å². The summed E-state index contributed by atoms with van der Waals surface area (Å²) in [5, 5.41) is 6.88. The summed E-state index contributed by atoms with van der Waals surface area (Å²) in [6, 6.07) is 18.4. The SMILES string of the molecule is CC(C)Sc1ccc(C2=NC(C3OC(c4ccccc4)=NN3C)=C(N)N(C)C2)cc1. The minimum absolute atomic E-state index is 0.464. The van der Waals surface area contributed by atoms with E-state index >= 15 is 0 Å². The van der Waals surface area contributed by atoms with Crippen LogP contribution in [0.5, 0.6) is 0 Å². The third-order valence-corrected chi connectivity index (χ3v) is 5.96. The lowest BCUT2D eigenvalue weighted by molar-refractivity contribution is 0.106. The second kappa shape index (κ2) is 8.44. The molecule has 2 N–H and O–H groups in total. The van der Waals surface area contributed by atoms with Crippen LogP contribution in [0.2, 0.25) is 0 Å². The first-order valence-electron chi connectivity index (χ1n) is 10.0. The van der Waals surface area contributed by atoms with Gasteiger partial charge < -0.3 is 15.4 Å². The van der Waals surface area contributed by atoms with Gasteiger partial charge in [0.1, 0.15) is 11.5 Å². The minimum Gasteiger partial charge on any atom is -0.444 e. The molecular formula is C23H27N5OS. The van der Waals surface area contributed by atoms with Gasteiger partial charge in [-0.05, 0) is 29.8 Å². The highest BCUT2D eigenvalue weighted by Crippen LogP contribution is 2.28. The number of hydrogen-bond acceptors (Lipinski definition) is 7. The molecule has 0 fully saturated rings. The zero-order valence-corrected chi connectivity index (χ0v) is 18.6. The molecule has 2 aliphatic heterocycles. The molecule has 2 aromatic carbocycles. The first-order chi connectivity index (χ1) is 14.4. The molecule has 0 saturated heterocycles. The molecule has 6 nitrogen and oxygen atoms in total. The molecule has 0 radical (unpaired) electrons. The molecule has 0 aromatic heterocycles. The maximum atomic E-state index is 6.41. The van der Waals surface area contributed by atoms with Crippen molar-refractivity contribution in [3.05, 3.63) is 77.2 Å². The van der Waals surface area contributed by atoms with Gasteiger partial charge in [-0.3, -0.25) is 5.01 Å². The predicted molar refractivity (Wildman–Crippen MR) is 123 cm³/mol. The zero-order chi connectivity index (χ0) is 21.3. The fourth-order valence-electron chi connectivity index (χ4n) is 3.42. The van der Waals surface area contributed by atoms with E-state index in [1.807, 2.05) is 61.1 Å². The van der Waals surface area contributed by atoms with Crippen molar-refractivity contribution in [2.24, 2.45) is 15.8 Å². The van der Waals surface area contributed by atoms with Crippen LogP contribution in [0.4, 0.5) is 0 Å². The Labute approximate surface area is 182 Å². The average Bonchev–Trinajstić information content (AvgIpc) is 3.12. The molecular weight excluding hydrogens is 394 g/mol. The number of ether oxygens (including phenoxy) is 1. The van der Waals surface area contributed by atoms with E-state index in [-0.39, 0.29) is 0 Å². The van der Waals surface area contributed by atoms with Crippen LogP contribution in [0.15, 0.2) is 81.1 Å². The molecule has 0 saturated carbocycles. The van der Waals surface area contributed by atoms with E-state index in [1.165, 1.54) is 4.90 Å². The molecule has 30 heavy (non-hydrogen) atoms. The lowest BCUT2D eigenvalue weighted by Gasteiger charge is -2.30. The summed E-state index contributed by atoms with van der Waals surface area (Å²) in [5.74, 6) is 1.18. The number of nitrogens with zero attached hydrogens (tertiary/aromatic N) is 4. The number of benzene rings is 2. The van der Waals surface area contributed by atoms with Crippen molar-refractivity contribution >= 4 is 23.4 Å². The summed E-state index contributed by atoms with van der Waals surface area (Å²) in [4.78, 5) is 8.18. The van der Waals surface area contributed by atoms with Crippen LogP contribution < -0.4 is 5.73 Å². The summed E-state index contributed by atoms with van der Waals surface area (Å²) < 4.78 is 6.17. The molecule has 1 unspecified atom stereocenters. The molecule has 0 amide bonds. The predicted octanol–water partition coefficient (Wildman–Crippen LogP) is 3.70. The lowest BCUT2D eigenvalue weighted by atomic mass is 10.1. The Kier molecular flexibility index (Phi) is 5.72. The maximum Gasteiger partial charge on any atom is 0.240 e. The Morgan fingerprint density at radius 2 is 1.73 bits per heavy atom. The van der Waals surface area contributed by atoms with Gasteiger partial charge in [-0.25, -0.2) is 4.99 Å². The summed E-state index contributed by atoms with van der Waals surface area (Å²) in [6.45, 7) is 5.04. The summed E-state index contributed by atoms with van der Waals surface area (Å²) in [5.41, 5.74) is 10.1. The Morgan fingerprint density at radius 3 is 2.40 bits per heavy atom. The molecule has 4 rings (SSSR count). The lowest BCUT2D eigenvalue weighted by Crippen LogP contribution is -2.39. The number of thioether (sulfide) groups is 1. The number of likely N-dealkylation sites (N-methyl/N-ethyl adjacent to an activating group) is 2.